The normalized spacial score (nSPS) is 11.9. The maximum absolute atomic E-state index is 12.2. The lowest BCUT2D eigenvalue weighted by Crippen LogP contribution is -2.13. The van der Waals surface area contributed by atoms with Gasteiger partial charge in [0.2, 0.25) is 0 Å². The molecule has 104 valence electrons. The highest BCUT2D eigenvalue weighted by Gasteiger charge is 2.09. The average molecular weight is 379 g/mol. The van der Waals surface area contributed by atoms with Crippen molar-refractivity contribution >= 4 is 34.2 Å². The summed E-state index contributed by atoms with van der Waals surface area (Å²) >= 11 is 2.18. The van der Waals surface area contributed by atoms with Crippen molar-refractivity contribution in [1.29, 1.82) is 0 Å². The van der Waals surface area contributed by atoms with E-state index in [1.807, 2.05) is 36.4 Å². The van der Waals surface area contributed by atoms with Crippen LogP contribution >= 0.6 is 22.6 Å². The fourth-order valence-corrected chi connectivity index (χ4v) is 2.61. The van der Waals surface area contributed by atoms with Crippen LogP contribution in [-0.4, -0.2) is 5.91 Å². The molecule has 1 N–H and O–H groups in total. The summed E-state index contributed by atoms with van der Waals surface area (Å²) in [6, 6.07) is 15.7. The molecule has 2 rings (SSSR count). The topological polar surface area (TPSA) is 29.1 Å². The minimum Gasteiger partial charge on any atom is -0.322 e. The molecular formula is C17H18INO. The Hall–Kier alpha value is -1.36. The molecule has 0 saturated heterocycles. The maximum atomic E-state index is 12.2. The monoisotopic (exact) mass is 379 g/mol. The van der Waals surface area contributed by atoms with Gasteiger partial charge in [0.05, 0.1) is 5.56 Å². The maximum Gasteiger partial charge on any atom is 0.256 e. The molecule has 1 atom stereocenters. The van der Waals surface area contributed by atoms with E-state index in [-0.39, 0.29) is 5.91 Å². The van der Waals surface area contributed by atoms with Gasteiger partial charge in [0.25, 0.3) is 5.91 Å². The van der Waals surface area contributed by atoms with Crippen molar-refractivity contribution in [2.24, 2.45) is 0 Å². The molecule has 2 nitrogen and oxygen atoms in total. The van der Waals surface area contributed by atoms with Crippen LogP contribution in [0.4, 0.5) is 5.69 Å². The third-order valence-electron chi connectivity index (χ3n) is 3.47. The number of benzene rings is 2. The highest BCUT2D eigenvalue weighted by molar-refractivity contribution is 14.1. The van der Waals surface area contributed by atoms with E-state index in [4.69, 9.17) is 0 Å². The first-order valence-corrected chi connectivity index (χ1v) is 7.85. The second-order valence-corrected chi connectivity index (χ2v) is 6.03. The third-order valence-corrected chi connectivity index (χ3v) is 4.41. The molecule has 20 heavy (non-hydrogen) atoms. The lowest BCUT2D eigenvalue weighted by atomic mass is 9.98. The average Bonchev–Trinajstić information content (AvgIpc) is 2.47. The predicted molar refractivity (Wildman–Crippen MR) is 92.3 cm³/mol. The molecule has 0 aliphatic rings. The van der Waals surface area contributed by atoms with Gasteiger partial charge in [-0.2, -0.15) is 0 Å². The fraction of sp³-hybridized carbons (Fsp3) is 0.235. The molecule has 2 aromatic carbocycles. The van der Waals surface area contributed by atoms with E-state index >= 15 is 0 Å². The van der Waals surface area contributed by atoms with Crippen LogP contribution in [0.1, 0.15) is 42.1 Å². The van der Waals surface area contributed by atoms with Crippen molar-refractivity contribution in [3.8, 4) is 0 Å². The van der Waals surface area contributed by atoms with Crippen LogP contribution in [0, 0.1) is 3.57 Å². The van der Waals surface area contributed by atoms with E-state index in [1.54, 1.807) is 0 Å². The van der Waals surface area contributed by atoms with E-state index in [9.17, 15) is 4.79 Å². The number of carbonyl (C=O) groups excluding carboxylic acids is 1. The van der Waals surface area contributed by atoms with Crippen LogP contribution in [0.15, 0.2) is 48.5 Å². The quantitative estimate of drug-likeness (QED) is 0.740. The Labute approximate surface area is 133 Å². The first kappa shape index (κ1) is 15.0. The summed E-state index contributed by atoms with van der Waals surface area (Å²) in [7, 11) is 0. The number of amides is 1. The molecule has 0 aliphatic carbocycles. The number of hydrogen-bond acceptors (Lipinski definition) is 1. The highest BCUT2D eigenvalue weighted by Crippen LogP contribution is 2.21. The van der Waals surface area contributed by atoms with Gasteiger partial charge in [0.1, 0.15) is 0 Å². The molecule has 3 heteroatoms. The van der Waals surface area contributed by atoms with Crippen LogP contribution in [0.25, 0.3) is 0 Å². The van der Waals surface area contributed by atoms with Crippen LogP contribution in [0.3, 0.4) is 0 Å². The van der Waals surface area contributed by atoms with Gasteiger partial charge in [-0.1, -0.05) is 38.1 Å². The van der Waals surface area contributed by atoms with Gasteiger partial charge < -0.3 is 5.32 Å². The molecule has 2 aromatic rings. The third kappa shape index (κ3) is 3.60. The molecule has 0 bridgehead atoms. The Bertz CT molecular complexity index is 592. The fourth-order valence-electron chi connectivity index (χ4n) is 1.97. The van der Waals surface area contributed by atoms with Crippen molar-refractivity contribution in [3.63, 3.8) is 0 Å². The molecule has 1 amide bonds. The summed E-state index contributed by atoms with van der Waals surface area (Å²) in [5.74, 6) is 0.487. The predicted octanol–water partition coefficient (Wildman–Crippen LogP) is 5.06. The number of anilines is 1. The Kier molecular flexibility index (Phi) is 5.17. The molecule has 0 saturated carbocycles. The minimum atomic E-state index is -0.0636. The number of carbonyl (C=O) groups is 1. The second kappa shape index (κ2) is 6.88. The number of nitrogens with one attached hydrogen (secondary N) is 1. The van der Waals surface area contributed by atoms with Gasteiger partial charge >= 0.3 is 0 Å². The van der Waals surface area contributed by atoms with Gasteiger partial charge in [-0.05, 0) is 64.8 Å². The Balaban J connectivity index is 2.11. The van der Waals surface area contributed by atoms with Crippen LogP contribution < -0.4 is 5.32 Å². The first-order chi connectivity index (χ1) is 9.61. The molecule has 0 heterocycles. The van der Waals surface area contributed by atoms with Gasteiger partial charge in [-0.25, -0.2) is 0 Å². The Morgan fingerprint density at radius 3 is 2.40 bits per heavy atom. The van der Waals surface area contributed by atoms with Gasteiger partial charge in [0.15, 0.2) is 0 Å². The number of hydrogen-bond donors (Lipinski definition) is 1. The molecule has 0 aliphatic heterocycles. The number of halogens is 1. The standard InChI is InChI=1S/C17H18INO/c1-3-12(2)13-8-10-14(11-9-13)19-17(20)15-6-4-5-7-16(15)18/h4-12H,3H2,1-2H3,(H,19,20)/t12-/m0/s1. The molecule has 0 radical (unpaired) electrons. The Morgan fingerprint density at radius 1 is 1.15 bits per heavy atom. The largest absolute Gasteiger partial charge is 0.322 e. The van der Waals surface area contributed by atoms with Crippen LogP contribution in [0.2, 0.25) is 0 Å². The zero-order valence-electron chi connectivity index (χ0n) is 11.7. The summed E-state index contributed by atoms with van der Waals surface area (Å²) in [6.45, 7) is 4.39. The molecular weight excluding hydrogens is 361 g/mol. The van der Waals surface area contributed by atoms with E-state index in [1.165, 1.54) is 5.56 Å². The van der Waals surface area contributed by atoms with Crippen molar-refractivity contribution < 1.29 is 4.79 Å². The van der Waals surface area contributed by atoms with Gasteiger partial charge in [-0.3, -0.25) is 4.79 Å². The lowest BCUT2D eigenvalue weighted by molar-refractivity contribution is 0.102. The molecule has 0 aromatic heterocycles. The molecule has 0 fully saturated rings. The van der Waals surface area contributed by atoms with Crippen molar-refractivity contribution in [1.82, 2.24) is 0 Å². The van der Waals surface area contributed by atoms with Gasteiger partial charge in [0, 0.05) is 9.26 Å². The van der Waals surface area contributed by atoms with Crippen LogP contribution in [-0.2, 0) is 0 Å². The van der Waals surface area contributed by atoms with E-state index < -0.39 is 0 Å². The summed E-state index contributed by atoms with van der Waals surface area (Å²) in [6.07, 6.45) is 1.12. The zero-order chi connectivity index (χ0) is 14.5. The molecule has 0 unspecified atom stereocenters. The van der Waals surface area contributed by atoms with E-state index in [0.717, 1.165) is 15.7 Å². The Morgan fingerprint density at radius 2 is 1.80 bits per heavy atom. The summed E-state index contributed by atoms with van der Waals surface area (Å²) in [5, 5.41) is 2.94. The molecule has 0 spiro atoms. The first-order valence-electron chi connectivity index (χ1n) is 6.77. The van der Waals surface area contributed by atoms with E-state index in [2.05, 4.69) is 53.9 Å². The van der Waals surface area contributed by atoms with Crippen molar-refractivity contribution in [2.75, 3.05) is 5.32 Å². The number of rotatable bonds is 4. The van der Waals surface area contributed by atoms with Crippen molar-refractivity contribution in [2.45, 2.75) is 26.2 Å². The highest BCUT2D eigenvalue weighted by atomic mass is 127. The summed E-state index contributed by atoms with van der Waals surface area (Å²) in [5.41, 5.74) is 2.85. The summed E-state index contributed by atoms with van der Waals surface area (Å²) in [4.78, 5) is 12.2. The second-order valence-electron chi connectivity index (χ2n) is 4.87. The minimum absolute atomic E-state index is 0.0636. The summed E-state index contributed by atoms with van der Waals surface area (Å²) < 4.78 is 0.957. The zero-order valence-corrected chi connectivity index (χ0v) is 13.8. The lowest BCUT2D eigenvalue weighted by Gasteiger charge is -2.11. The van der Waals surface area contributed by atoms with Gasteiger partial charge in [-0.15, -0.1) is 0 Å². The van der Waals surface area contributed by atoms with Crippen LogP contribution in [0.5, 0.6) is 0 Å². The SMILES string of the molecule is CC[C@H](C)c1ccc(NC(=O)c2ccccc2I)cc1. The smallest absolute Gasteiger partial charge is 0.256 e. The van der Waals surface area contributed by atoms with E-state index in [0.29, 0.717) is 11.5 Å². The van der Waals surface area contributed by atoms with Crippen molar-refractivity contribution in [3.05, 3.63) is 63.2 Å².